The first-order valence-electron chi connectivity index (χ1n) is 9.38. The summed E-state index contributed by atoms with van der Waals surface area (Å²) < 4.78 is 0. The molecule has 2 rings (SSSR count). The highest BCUT2D eigenvalue weighted by molar-refractivity contribution is 14.0. The minimum Gasteiger partial charge on any atom is -0.356 e. The molecule has 1 aromatic rings. The fraction of sp³-hybridized carbons (Fsp3) is 0.650. The van der Waals surface area contributed by atoms with Crippen molar-refractivity contribution in [1.29, 1.82) is 0 Å². The maximum atomic E-state index is 4.39. The molecule has 0 saturated carbocycles. The number of rotatable bonds is 6. The van der Waals surface area contributed by atoms with Gasteiger partial charge in [-0.15, -0.1) is 24.0 Å². The quantitative estimate of drug-likeness (QED) is 0.390. The van der Waals surface area contributed by atoms with Gasteiger partial charge in [-0.1, -0.05) is 30.7 Å². The van der Waals surface area contributed by atoms with E-state index < -0.39 is 0 Å². The van der Waals surface area contributed by atoms with E-state index in [1.807, 2.05) is 7.05 Å². The van der Waals surface area contributed by atoms with Gasteiger partial charge in [0.15, 0.2) is 5.96 Å². The Bertz CT molecular complexity index is 536. The molecule has 0 spiro atoms. The van der Waals surface area contributed by atoms with E-state index in [0.29, 0.717) is 6.04 Å². The lowest BCUT2D eigenvalue weighted by atomic mass is 10.0. The Morgan fingerprint density at radius 1 is 1.24 bits per heavy atom. The summed E-state index contributed by atoms with van der Waals surface area (Å²) in [7, 11) is 1.86. The standard InChI is InChI=1S/C20H34N4.HI/c1-5-12-24-13-9-19(10-14-24)23-20(21-4)22-11-8-18-7-6-16(2)15-17(18)3;/h6-7,15,19H,5,8-14H2,1-4H3,(H2,21,22,23);1H. The summed E-state index contributed by atoms with van der Waals surface area (Å²) in [4.78, 5) is 6.95. The Labute approximate surface area is 170 Å². The molecule has 0 unspecified atom stereocenters. The molecule has 1 heterocycles. The van der Waals surface area contributed by atoms with Gasteiger partial charge in [0.25, 0.3) is 0 Å². The monoisotopic (exact) mass is 458 g/mol. The summed E-state index contributed by atoms with van der Waals surface area (Å²) in [5, 5.41) is 7.06. The van der Waals surface area contributed by atoms with Gasteiger partial charge in [0.05, 0.1) is 0 Å². The van der Waals surface area contributed by atoms with Crippen molar-refractivity contribution in [3.05, 3.63) is 34.9 Å². The van der Waals surface area contributed by atoms with E-state index in [2.05, 4.69) is 59.5 Å². The molecule has 1 aliphatic rings. The number of benzene rings is 1. The van der Waals surface area contributed by atoms with Gasteiger partial charge in [-0.05, 0) is 57.2 Å². The minimum atomic E-state index is 0. The molecule has 0 amide bonds. The number of nitrogens with one attached hydrogen (secondary N) is 2. The lowest BCUT2D eigenvalue weighted by Gasteiger charge is -2.32. The minimum absolute atomic E-state index is 0. The summed E-state index contributed by atoms with van der Waals surface area (Å²) in [6, 6.07) is 7.24. The molecule has 25 heavy (non-hydrogen) atoms. The van der Waals surface area contributed by atoms with Crippen molar-refractivity contribution < 1.29 is 0 Å². The van der Waals surface area contributed by atoms with Crippen LogP contribution in [-0.2, 0) is 6.42 Å². The largest absolute Gasteiger partial charge is 0.356 e. The summed E-state index contributed by atoms with van der Waals surface area (Å²) in [6.45, 7) is 11.1. The molecule has 0 atom stereocenters. The van der Waals surface area contributed by atoms with Crippen LogP contribution in [0.2, 0.25) is 0 Å². The average molecular weight is 458 g/mol. The zero-order valence-electron chi connectivity index (χ0n) is 16.3. The molecule has 5 heteroatoms. The Hall–Kier alpha value is -0.820. The van der Waals surface area contributed by atoms with Crippen molar-refractivity contribution in [2.75, 3.05) is 33.2 Å². The fourth-order valence-electron chi connectivity index (χ4n) is 3.45. The molecule has 1 fully saturated rings. The van der Waals surface area contributed by atoms with Crippen molar-refractivity contribution >= 4 is 29.9 Å². The van der Waals surface area contributed by atoms with Crippen molar-refractivity contribution in [2.24, 2.45) is 4.99 Å². The zero-order valence-corrected chi connectivity index (χ0v) is 18.6. The molecule has 0 aliphatic carbocycles. The van der Waals surface area contributed by atoms with Crippen LogP contribution in [0.15, 0.2) is 23.2 Å². The molecule has 142 valence electrons. The Morgan fingerprint density at radius 2 is 1.96 bits per heavy atom. The van der Waals surface area contributed by atoms with Crippen LogP contribution in [0.5, 0.6) is 0 Å². The van der Waals surface area contributed by atoms with E-state index in [1.54, 1.807) is 0 Å². The summed E-state index contributed by atoms with van der Waals surface area (Å²) in [5.74, 6) is 0.939. The second-order valence-electron chi connectivity index (χ2n) is 6.94. The van der Waals surface area contributed by atoms with E-state index in [1.165, 1.54) is 55.6 Å². The number of nitrogens with zero attached hydrogens (tertiary/aromatic N) is 2. The van der Waals surface area contributed by atoms with Crippen LogP contribution in [0.25, 0.3) is 0 Å². The zero-order chi connectivity index (χ0) is 17.4. The van der Waals surface area contributed by atoms with Crippen molar-refractivity contribution in [1.82, 2.24) is 15.5 Å². The Kier molecular flexibility index (Phi) is 10.4. The van der Waals surface area contributed by atoms with Crippen LogP contribution in [0, 0.1) is 13.8 Å². The molecule has 4 nitrogen and oxygen atoms in total. The Balaban J connectivity index is 0.00000312. The van der Waals surface area contributed by atoms with Crippen LogP contribution in [0.4, 0.5) is 0 Å². The number of halogens is 1. The van der Waals surface area contributed by atoms with Gasteiger partial charge in [-0.2, -0.15) is 0 Å². The van der Waals surface area contributed by atoms with Crippen LogP contribution >= 0.6 is 24.0 Å². The van der Waals surface area contributed by atoms with Gasteiger partial charge in [0, 0.05) is 32.7 Å². The number of likely N-dealkylation sites (tertiary alicyclic amines) is 1. The van der Waals surface area contributed by atoms with Gasteiger partial charge in [-0.25, -0.2) is 0 Å². The number of aliphatic imine (C=N–C) groups is 1. The van der Waals surface area contributed by atoms with Gasteiger partial charge < -0.3 is 15.5 Å². The molecule has 0 radical (unpaired) electrons. The average Bonchev–Trinajstić information content (AvgIpc) is 2.57. The molecular formula is C20H35IN4. The van der Waals surface area contributed by atoms with Crippen LogP contribution < -0.4 is 10.6 Å². The summed E-state index contributed by atoms with van der Waals surface area (Å²) in [5.41, 5.74) is 4.12. The lowest BCUT2D eigenvalue weighted by molar-refractivity contribution is 0.206. The summed E-state index contributed by atoms with van der Waals surface area (Å²) in [6.07, 6.45) is 4.69. The van der Waals surface area contributed by atoms with E-state index in [9.17, 15) is 0 Å². The molecule has 0 aromatic heterocycles. The van der Waals surface area contributed by atoms with Gasteiger partial charge in [0.2, 0.25) is 0 Å². The highest BCUT2D eigenvalue weighted by atomic mass is 127. The molecule has 0 bridgehead atoms. The maximum absolute atomic E-state index is 4.39. The molecule has 1 aliphatic heterocycles. The maximum Gasteiger partial charge on any atom is 0.191 e. The normalized spacial score (nSPS) is 16.4. The first-order valence-corrected chi connectivity index (χ1v) is 9.38. The number of guanidine groups is 1. The van der Waals surface area contributed by atoms with E-state index in [4.69, 9.17) is 0 Å². The van der Waals surface area contributed by atoms with Crippen molar-refractivity contribution in [2.45, 2.75) is 52.5 Å². The number of hydrogen-bond acceptors (Lipinski definition) is 2. The lowest BCUT2D eigenvalue weighted by Crippen LogP contribution is -2.49. The fourth-order valence-corrected chi connectivity index (χ4v) is 3.45. The molecule has 2 N–H and O–H groups in total. The van der Waals surface area contributed by atoms with Crippen molar-refractivity contribution in [3.63, 3.8) is 0 Å². The third-order valence-electron chi connectivity index (χ3n) is 4.88. The van der Waals surface area contributed by atoms with E-state index in [0.717, 1.165) is 18.9 Å². The molecule has 1 aromatic carbocycles. The van der Waals surface area contributed by atoms with E-state index >= 15 is 0 Å². The van der Waals surface area contributed by atoms with Crippen molar-refractivity contribution in [3.8, 4) is 0 Å². The number of hydrogen-bond donors (Lipinski definition) is 2. The smallest absolute Gasteiger partial charge is 0.191 e. The number of piperidine rings is 1. The Morgan fingerprint density at radius 3 is 2.56 bits per heavy atom. The topological polar surface area (TPSA) is 39.7 Å². The predicted molar refractivity (Wildman–Crippen MR) is 119 cm³/mol. The molecule has 1 saturated heterocycles. The molecular weight excluding hydrogens is 423 g/mol. The third-order valence-corrected chi connectivity index (χ3v) is 4.88. The number of aryl methyl sites for hydroxylation is 2. The first-order chi connectivity index (χ1) is 11.6. The van der Waals surface area contributed by atoms with Crippen LogP contribution in [0.1, 0.15) is 42.9 Å². The predicted octanol–water partition coefficient (Wildman–Crippen LogP) is 3.50. The second-order valence-corrected chi connectivity index (χ2v) is 6.94. The van der Waals surface area contributed by atoms with E-state index in [-0.39, 0.29) is 24.0 Å². The highest BCUT2D eigenvalue weighted by Gasteiger charge is 2.19. The SMILES string of the molecule is CCCN1CCC(NC(=NC)NCCc2ccc(C)cc2C)CC1.I. The second kappa shape index (κ2) is 11.7. The summed E-state index contributed by atoms with van der Waals surface area (Å²) >= 11 is 0. The van der Waals surface area contributed by atoms with Gasteiger partial charge in [-0.3, -0.25) is 4.99 Å². The van der Waals surface area contributed by atoms with Gasteiger partial charge >= 0.3 is 0 Å². The van der Waals surface area contributed by atoms with Crippen LogP contribution in [0.3, 0.4) is 0 Å². The first kappa shape index (κ1) is 22.2. The van der Waals surface area contributed by atoms with Gasteiger partial charge in [0.1, 0.15) is 0 Å². The third kappa shape index (κ3) is 7.52. The highest BCUT2D eigenvalue weighted by Crippen LogP contribution is 2.11. The van der Waals surface area contributed by atoms with Crippen LogP contribution in [-0.4, -0.2) is 50.1 Å².